The molecule has 1 atom stereocenters. The molecule has 0 radical (unpaired) electrons. The van der Waals surface area contributed by atoms with E-state index in [9.17, 15) is 22.8 Å². The first kappa shape index (κ1) is 21.1. The Hall–Kier alpha value is -2.62. The zero-order chi connectivity index (χ0) is 21.0. The number of alkyl halides is 3. The number of ether oxygens (including phenoxy) is 1. The Morgan fingerprint density at radius 2 is 2.10 bits per heavy atom. The molecule has 1 saturated heterocycles. The van der Waals surface area contributed by atoms with Crippen LogP contribution >= 0.6 is 15.9 Å². The minimum atomic E-state index is -4.46. The number of carbonyl (C=O) groups is 2. The minimum absolute atomic E-state index is 0.0460. The van der Waals surface area contributed by atoms with Crippen LogP contribution < -0.4 is 15.0 Å². The predicted octanol–water partition coefficient (Wildman–Crippen LogP) is 3.45. The number of benzene rings is 1. The van der Waals surface area contributed by atoms with E-state index in [0.29, 0.717) is 24.2 Å². The van der Waals surface area contributed by atoms with Gasteiger partial charge in [0.2, 0.25) is 17.7 Å². The number of halogens is 4. The second kappa shape index (κ2) is 8.81. The van der Waals surface area contributed by atoms with E-state index in [1.807, 2.05) is 12.1 Å². The summed E-state index contributed by atoms with van der Waals surface area (Å²) < 4.78 is 42.1. The highest BCUT2D eigenvalue weighted by molar-refractivity contribution is 9.10. The Bertz CT molecular complexity index is 908. The van der Waals surface area contributed by atoms with Gasteiger partial charge in [-0.3, -0.25) is 9.59 Å². The second-order valence-electron chi connectivity index (χ2n) is 6.43. The van der Waals surface area contributed by atoms with E-state index in [1.165, 1.54) is 12.3 Å². The minimum Gasteiger partial charge on any atom is -0.468 e. The first-order valence-electron chi connectivity index (χ1n) is 8.72. The Labute approximate surface area is 173 Å². The molecule has 0 saturated carbocycles. The number of amides is 2. The van der Waals surface area contributed by atoms with Crippen molar-refractivity contribution in [2.75, 3.05) is 18.1 Å². The molecule has 6 nitrogen and oxygen atoms in total. The van der Waals surface area contributed by atoms with Crippen molar-refractivity contribution < 1.29 is 27.5 Å². The summed E-state index contributed by atoms with van der Waals surface area (Å²) in [5.74, 6) is -1.71. The van der Waals surface area contributed by atoms with Gasteiger partial charge < -0.3 is 15.0 Å². The summed E-state index contributed by atoms with van der Waals surface area (Å²) in [6.45, 7) is -0.972. The fraction of sp³-hybridized carbons (Fsp3) is 0.316. The molecule has 1 aromatic carbocycles. The molecular formula is C19H17BrF3N3O3. The maximum Gasteiger partial charge on any atom is 0.422 e. The molecule has 1 unspecified atom stereocenters. The summed E-state index contributed by atoms with van der Waals surface area (Å²) in [6.07, 6.45) is -2.79. The zero-order valence-corrected chi connectivity index (χ0v) is 16.7. The molecule has 1 aliphatic heterocycles. The SMILES string of the molecule is O=C(NCc1ccnc(OCC(F)(F)F)c1)C1CCN(c2cccc(Br)c2)C1=O. The third kappa shape index (κ3) is 5.69. The third-order valence-electron chi connectivity index (χ3n) is 4.29. The fourth-order valence-electron chi connectivity index (χ4n) is 2.93. The van der Waals surface area contributed by atoms with Crippen molar-refractivity contribution in [2.45, 2.75) is 19.1 Å². The summed E-state index contributed by atoms with van der Waals surface area (Å²) in [5.41, 5.74) is 1.22. The number of hydrogen-bond acceptors (Lipinski definition) is 4. The van der Waals surface area contributed by atoms with Crippen molar-refractivity contribution in [3.63, 3.8) is 0 Å². The van der Waals surface area contributed by atoms with Crippen molar-refractivity contribution in [3.05, 3.63) is 52.6 Å². The van der Waals surface area contributed by atoms with Gasteiger partial charge in [0.15, 0.2) is 6.61 Å². The van der Waals surface area contributed by atoms with Crippen molar-refractivity contribution in [3.8, 4) is 5.88 Å². The van der Waals surface area contributed by atoms with Crippen LogP contribution in [0.1, 0.15) is 12.0 Å². The van der Waals surface area contributed by atoms with E-state index in [-0.39, 0.29) is 18.3 Å². The van der Waals surface area contributed by atoms with Crippen molar-refractivity contribution in [1.29, 1.82) is 0 Å². The molecule has 154 valence electrons. The Balaban J connectivity index is 1.57. The van der Waals surface area contributed by atoms with Crippen LogP contribution in [0.3, 0.4) is 0 Å². The third-order valence-corrected chi connectivity index (χ3v) is 4.78. The van der Waals surface area contributed by atoms with E-state index in [2.05, 4.69) is 31.0 Å². The average molecular weight is 472 g/mol. The topological polar surface area (TPSA) is 71.5 Å². The number of anilines is 1. The van der Waals surface area contributed by atoms with Crippen LogP contribution in [0.25, 0.3) is 0 Å². The molecule has 10 heteroatoms. The first-order chi connectivity index (χ1) is 13.7. The Morgan fingerprint density at radius 3 is 2.83 bits per heavy atom. The molecule has 1 aliphatic rings. The van der Waals surface area contributed by atoms with Gasteiger partial charge in [-0.05, 0) is 36.2 Å². The molecule has 0 bridgehead atoms. The number of aromatic nitrogens is 1. The standard InChI is InChI=1S/C19H17BrF3N3O3/c20-13-2-1-3-14(9-13)26-7-5-15(18(26)28)17(27)25-10-12-4-6-24-16(8-12)29-11-19(21,22)23/h1-4,6,8-9,15H,5,7,10-11H2,(H,25,27). The first-order valence-corrected chi connectivity index (χ1v) is 9.51. The normalized spacial score (nSPS) is 16.8. The number of hydrogen-bond donors (Lipinski definition) is 1. The summed E-state index contributed by atoms with van der Waals surface area (Å²) >= 11 is 3.36. The molecule has 29 heavy (non-hydrogen) atoms. The van der Waals surface area contributed by atoms with Gasteiger partial charge in [0, 0.05) is 35.5 Å². The molecule has 2 amide bonds. The average Bonchev–Trinajstić information content (AvgIpc) is 3.06. The second-order valence-corrected chi connectivity index (χ2v) is 7.35. The molecule has 1 N–H and O–H groups in total. The van der Waals surface area contributed by atoms with E-state index in [4.69, 9.17) is 0 Å². The largest absolute Gasteiger partial charge is 0.468 e. The number of pyridine rings is 1. The van der Waals surface area contributed by atoms with Crippen LogP contribution in [0, 0.1) is 5.92 Å². The molecule has 2 aromatic rings. The smallest absolute Gasteiger partial charge is 0.422 e. The predicted molar refractivity (Wildman–Crippen MR) is 102 cm³/mol. The molecule has 2 heterocycles. The summed E-state index contributed by atoms with van der Waals surface area (Å²) in [4.78, 5) is 30.3. The number of nitrogens with one attached hydrogen (secondary N) is 1. The summed E-state index contributed by atoms with van der Waals surface area (Å²) in [6, 6.07) is 10.1. The lowest BCUT2D eigenvalue weighted by Gasteiger charge is -2.17. The Morgan fingerprint density at radius 1 is 1.31 bits per heavy atom. The highest BCUT2D eigenvalue weighted by Gasteiger charge is 2.37. The highest BCUT2D eigenvalue weighted by Crippen LogP contribution is 2.27. The van der Waals surface area contributed by atoms with Gasteiger partial charge in [-0.15, -0.1) is 0 Å². The maximum absolute atomic E-state index is 12.6. The van der Waals surface area contributed by atoms with Gasteiger partial charge in [0.1, 0.15) is 5.92 Å². The molecule has 0 aliphatic carbocycles. The van der Waals surface area contributed by atoms with Crippen LogP contribution in [0.5, 0.6) is 5.88 Å². The monoisotopic (exact) mass is 471 g/mol. The number of rotatable bonds is 6. The van der Waals surface area contributed by atoms with Gasteiger partial charge >= 0.3 is 6.18 Å². The van der Waals surface area contributed by atoms with Crippen molar-refractivity contribution in [2.24, 2.45) is 5.92 Å². The van der Waals surface area contributed by atoms with E-state index >= 15 is 0 Å². The van der Waals surface area contributed by atoms with Crippen LogP contribution in [0.4, 0.5) is 18.9 Å². The maximum atomic E-state index is 12.6. The van der Waals surface area contributed by atoms with Crippen molar-refractivity contribution in [1.82, 2.24) is 10.3 Å². The molecule has 1 aromatic heterocycles. The van der Waals surface area contributed by atoms with Crippen LogP contribution in [0.2, 0.25) is 0 Å². The lowest BCUT2D eigenvalue weighted by atomic mass is 10.1. The van der Waals surface area contributed by atoms with Crippen LogP contribution in [-0.2, 0) is 16.1 Å². The van der Waals surface area contributed by atoms with E-state index in [1.54, 1.807) is 23.1 Å². The van der Waals surface area contributed by atoms with Gasteiger partial charge in [-0.25, -0.2) is 4.98 Å². The van der Waals surface area contributed by atoms with Crippen LogP contribution in [0.15, 0.2) is 47.1 Å². The lowest BCUT2D eigenvalue weighted by molar-refractivity contribution is -0.154. The molecular weight excluding hydrogens is 455 g/mol. The molecule has 1 fully saturated rings. The number of carbonyl (C=O) groups excluding carboxylic acids is 2. The molecule has 3 rings (SSSR count). The summed E-state index contributed by atoms with van der Waals surface area (Å²) in [5, 5.41) is 2.65. The summed E-state index contributed by atoms with van der Waals surface area (Å²) in [7, 11) is 0. The fourth-order valence-corrected chi connectivity index (χ4v) is 3.32. The quantitative estimate of drug-likeness (QED) is 0.654. The van der Waals surface area contributed by atoms with E-state index in [0.717, 1.165) is 4.47 Å². The molecule has 0 spiro atoms. The van der Waals surface area contributed by atoms with Gasteiger partial charge in [0.05, 0.1) is 0 Å². The van der Waals surface area contributed by atoms with E-state index < -0.39 is 24.6 Å². The van der Waals surface area contributed by atoms with Gasteiger partial charge in [-0.1, -0.05) is 22.0 Å². The highest BCUT2D eigenvalue weighted by atomic mass is 79.9. The number of nitrogens with zero attached hydrogens (tertiary/aromatic N) is 2. The van der Waals surface area contributed by atoms with Gasteiger partial charge in [-0.2, -0.15) is 13.2 Å². The van der Waals surface area contributed by atoms with Crippen molar-refractivity contribution >= 4 is 33.4 Å². The lowest BCUT2D eigenvalue weighted by Crippen LogP contribution is -2.36. The van der Waals surface area contributed by atoms with Gasteiger partial charge in [0.25, 0.3) is 0 Å². The Kier molecular flexibility index (Phi) is 6.41. The zero-order valence-electron chi connectivity index (χ0n) is 15.1. The van der Waals surface area contributed by atoms with Crippen LogP contribution in [-0.4, -0.2) is 36.1 Å².